The van der Waals surface area contributed by atoms with Gasteiger partial charge in [0, 0.05) is 25.0 Å². The van der Waals surface area contributed by atoms with Crippen LogP contribution in [0, 0.1) is 0 Å². The number of hydrogen-bond acceptors (Lipinski definition) is 7. The summed E-state index contributed by atoms with van der Waals surface area (Å²) in [5.74, 6) is 2.22. The summed E-state index contributed by atoms with van der Waals surface area (Å²) >= 11 is 0. The van der Waals surface area contributed by atoms with E-state index in [0.717, 1.165) is 50.5 Å². The third kappa shape index (κ3) is 7.51. The first kappa shape index (κ1) is 28.1. The maximum absolute atomic E-state index is 13.8. The van der Waals surface area contributed by atoms with Gasteiger partial charge < -0.3 is 23.4 Å². The number of hydrogen-bond donors (Lipinski definition) is 0. The van der Waals surface area contributed by atoms with E-state index in [1.54, 1.807) is 26.4 Å². The van der Waals surface area contributed by atoms with Gasteiger partial charge in [0.05, 0.1) is 33.5 Å². The third-order valence-electron chi connectivity index (χ3n) is 6.39. The van der Waals surface area contributed by atoms with E-state index in [1.165, 1.54) is 7.11 Å². The van der Waals surface area contributed by atoms with Gasteiger partial charge >= 0.3 is 5.97 Å². The van der Waals surface area contributed by atoms with E-state index in [9.17, 15) is 9.59 Å². The standard InChI is InChI=1S/C30H38O7/c1-5-6-18-36-27(31)13-11-9-7-8-10-12-24-28(21-14-16-22(33-2)17-15-21)30(32)29-25(35-4)19-23(34-3)20-26(29)37-24/h14-17,19-20H,5-13,18H2,1-4H3. The Hall–Kier alpha value is -3.48. The van der Waals surface area contributed by atoms with Gasteiger partial charge in [0.1, 0.15) is 34.0 Å². The molecule has 3 rings (SSSR count). The third-order valence-corrected chi connectivity index (χ3v) is 6.39. The molecule has 0 amide bonds. The van der Waals surface area contributed by atoms with Gasteiger partial charge in [0.2, 0.25) is 5.43 Å². The molecule has 37 heavy (non-hydrogen) atoms. The number of fused-ring (bicyclic) bond motifs is 1. The SMILES string of the molecule is CCCCOC(=O)CCCCCCCc1oc2cc(OC)cc(OC)c2c(=O)c1-c1ccc(OC)cc1. The molecule has 0 radical (unpaired) electrons. The quantitative estimate of drug-likeness (QED) is 0.166. The van der Waals surface area contributed by atoms with Crippen LogP contribution in [0.25, 0.3) is 22.1 Å². The summed E-state index contributed by atoms with van der Waals surface area (Å²) in [7, 11) is 4.70. The Morgan fingerprint density at radius 3 is 2.22 bits per heavy atom. The zero-order valence-electron chi connectivity index (χ0n) is 22.4. The van der Waals surface area contributed by atoms with Crippen LogP contribution in [-0.2, 0) is 16.0 Å². The first-order valence-electron chi connectivity index (χ1n) is 13.0. The first-order valence-corrected chi connectivity index (χ1v) is 13.0. The Labute approximate surface area is 218 Å². The molecule has 0 atom stereocenters. The summed E-state index contributed by atoms with van der Waals surface area (Å²) in [6.07, 6.45) is 7.63. The van der Waals surface area contributed by atoms with E-state index in [-0.39, 0.29) is 11.4 Å². The van der Waals surface area contributed by atoms with Crippen molar-refractivity contribution in [1.82, 2.24) is 0 Å². The zero-order valence-corrected chi connectivity index (χ0v) is 22.4. The fourth-order valence-corrected chi connectivity index (χ4v) is 4.30. The molecular weight excluding hydrogens is 472 g/mol. The van der Waals surface area contributed by atoms with Crippen LogP contribution in [-0.4, -0.2) is 33.9 Å². The second-order valence-electron chi connectivity index (χ2n) is 9.00. The number of carbonyl (C=O) groups is 1. The molecule has 0 saturated carbocycles. The Balaban J connectivity index is 1.75. The van der Waals surface area contributed by atoms with Gasteiger partial charge in [-0.25, -0.2) is 0 Å². The fraction of sp³-hybridized carbons (Fsp3) is 0.467. The molecule has 3 aromatic rings. The zero-order chi connectivity index (χ0) is 26.6. The molecule has 0 unspecified atom stereocenters. The van der Waals surface area contributed by atoms with Crippen LogP contribution in [0.2, 0.25) is 0 Å². The van der Waals surface area contributed by atoms with Gasteiger partial charge in [-0.1, -0.05) is 44.7 Å². The number of aryl methyl sites for hydroxylation is 1. The van der Waals surface area contributed by atoms with Crippen LogP contribution in [0.5, 0.6) is 17.2 Å². The summed E-state index contributed by atoms with van der Waals surface area (Å²) < 4.78 is 27.7. The van der Waals surface area contributed by atoms with Crippen molar-refractivity contribution in [2.75, 3.05) is 27.9 Å². The molecule has 1 aromatic heterocycles. The van der Waals surface area contributed by atoms with Crippen molar-refractivity contribution in [1.29, 1.82) is 0 Å². The topological polar surface area (TPSA) is 84.2 Å². The largest absolute Gasteiger partial charge is 0.497 e. The molecule has 0 aliphatic heterocycles. The summed E-state index contributed by atoms with van der Waals surface area (Å²) in [5, 5.41) is 0.392. The average molecular weight is 511 g/mol. The molecule has 2 aromatic carbocycles. The van der Waals surface area contributed by atoms with Gasteiger partial charge in [-0.05, 0) is 37.0 Å². The van der Waals surface area contributed by atoms with E-state index >= 15 is 0 Å². The lowest BCUT2D eigenvalue weighted by molar-refractivity contribution is -0.143. The van der Waals surface area contributed by atoms with E-state index in [1.807, 2.05) is 24.3 Å². The molecule has 0 bridgehead atoms. The minimum Gasteiger partial charge on any atom is -0.497 e. The highest BCUT2D eigenvalue weighted by atomic mass is 16.5. The summed E-state index contributed by atoms with van der Waals surface area (Å²) in [6, 6.07) is 10.8. The molecule has 7 heteroatoms. The molecule has 7 nitrogen and oxygen atoms in total. The van der Waals surface area contributed by atoms with Crippen molar-refractivity contribution < 1.29 is 28.2 Å². The molecule has 0 aliphatic carbocycles. The molecule has 0 saturated heterocycles. The van der Waals surface area contributed by atoms with Crippen LogP contribution in [0.4, 0.5) is 0 Å². The first-order chi connectivity index (χ1) is 18.0. The van der Waals surface area contributed by atoms with Crippen molar-refractivity contribution in [3.63, 3.8) is 0 Å². The van der Waals surface area contributed by atoms with E-state index in [2.05, 4.69) is 6.92 Å². The smallest absolute Gasteiger partial charge is 0.305 e. The number of carbonyl (C=O) groups excluding carboxylic acids is 1. The van der Waals surface area contributed by atoms with E-state index in [0.29, 0.717) is 59.0 Å². The van der Waals surface area contributed by atoms with Crippen LogP contribution in [0.15, 0.2) is 45.6 Å². The highest BCUT2D eigenvalue weighted by Gasteiger charge is 2.20. The summed E-state index contributed by atoms with van der Waals surface area (Å²) in [6.45, 7) is 2.59. The highest BCUT2D eigenvalue weighted by Crippen LogP contribution is 2.34. The fourth-order valence-electron chi connectivity index (χ4n) is 4.30. The second kappa shape index (κ2) is 14.3. The predicted molar refractivity (Wildman–Crippen MR) is 145 cm³/mol. The van der Waals surface area contributed by atoms with Gasteiger partial charge in [-0.15, -0.1) is 0 Å². The van der Waals surface area contributed by atoms with Crippen molar-refractivity contribution in [3.8, 4) is 28.4 Å². The lowest BCUT2D eigenvalue weighted by Gasteiger charge is -2.14. The van der Waals surface area contributed by atoms with Crippen LogP contribution >= 0.6 is 0 Å². The van der Waals surface area contributed by atoms with E-state index in [4.69, 9.17) is 23.4 Å². The number of rotatable bonds is 15. The summed E-state index contributed by atoms with van der Waals surface area (Å²) in [5.41, 5.74) is 1.61. The molecule has 0 spiro atoms. The number of ether oxygens (including phenoxy) is 4. The lowest BCUT2D eigenvalue weighted by atomic mass is 9.98. The van der Waals surface area contributed by atoms with Crippen LogP contribution < -0.4 is 19.6 Å². The monoisotopic (exact) mass is 510 g/mol. The molecular formula is C30H38O7. The number of methoxy groups -OCH3 is 3. The van der Waals surface area contributed by atoms with Gasteiger partial charge in [-0.2, -0.15) is 0 Å². The van der Waals surface area contributed by atoms with Crippen LogP contribution in [0.3, 0.4) is 0 Å². The highest BCUT2D eigenvalue weighted by molar-refractivity contribution is 5.89. The molecule has 0 aliphatic rings. The van der Waals surface area contributed by atoms with Gasteiger partial charge in [-0.3, -0.25) is 9.59 Å². The minimum atomic E-state index is -0.137. The molecule has 200 valence electrons. The average Bonchev–Trinajstić information content (AvgIpc) is 2.92. The van der Waals surface area contributed by atoms with Crippen molar-refractivity contribution in [3.05, 3.63) is 52.4 Å². The maximum atomic E-state index is 13.8. The van der Waals surface area contributed by atoms with E-state index < -0.39 is 0 Å². The molecule has 1 heterocycles. The molecule has 0 fully saturated rings. The lowest BCUT2D eigenvalue weighted by Crippen LogP contribution is -2.11. The second-order valence-corrected chi connectivity index (χ2v) is 9.00. The minimum absolute atomic E-state index is 0.110. The maximum Gasteiger partial charge on any atom is 0.305 e. The number of esters is 1. The Morgan fingerprint density at radius 1 is 0.838 bits per heavy atom. The Morgan fingerprint density at radius 2 is 1.54 bits per heavy atom. The van der Waals surface area contributed by atoms with Gasteiger partial charge in [0.25, 0.3) is 0 Å². The van der Waals surface area contributed by atoms with Crippen molar-refractivity contribution in [2.45, 2.75) is 64.7 Å². The van der Waals surface area contributed by atoms with Crippen molar-refractivity contribution >= 4 is 16.9 Å². The predicted octanol–water partition coefficient (Wildman–Crippen LogP) is 6.71. The Kier molecular flexibility index (Phi) is 10.9. The normalized spacial score (nSPS) is 10.9. The number of unbranched alkanes of at least 4 members (excludes halogenated alkanes) is 5. The number of benzene rings is 2. The Bertz CT molecular complexity index is 1210. The van der Waals surface area contributed by atoms with Gasteiger partial charge in [0.15, 0.2) is 0 Å². The molecule has 0 N–H and O–H groups in total. The van der Waals surface area contributed by atoms with Crippen LogP contribution in [0.1, 0.15) is 64.1 Å². The summed E-state index contributed by atoms with van der Waals surface area (Å²) in [4.78, 5) is 25.5. The van der Waals surface area contributed by atoms with Crippen molar-refractivity contribution in [2.24, 2.45) is 0 Å².